The molecule has 0 aromatic heterocycles. The van der Waals surface area contributed by atoms with Crippen molar-refractivity contribution in [2.24, 2.45) is 23.7 Å². The van der Waals surface area contributed by atoms with E-state index in [1.165, 1.54) is 77.0 Å². The first-order chi connectivity index (χ1) is 14.6. The van der Waals surface area contributed by atoms with Crippen molar-refractivity contribution in [2.45, 2.75) is 104 Å². The Kier molecular flexibility index (Phi) is 9.46. The first-order valence-electron chi connectivity index (χ1n) is 12.7. The van der Waals surface area contributed by atoms with Gasteiger partial charge in [0, 0.05) is 0 Å². The highest BCUT2D eigenvalue weighted by atomic mass is 19.2. The second kappa shape index (κ2) is 12.1. The maximum atomic E-state index is 14.3. The third-order valence-electron chi connectivity index (χ3n) is 7.91. The van der Waals surface area contributed by atoms with E-state index in [4.69, 9.17) is 4.74 Å². The Morgan fingerprint density at radius 3 is 1.93 bits per heavy atom. The lowest BCUT2D eigenvalue weighted by atomic mass is 9.68. The fourth-order valence-corrected chi connectivity index (χ4v) is 5.97. The maximum Gasteiger partial charge on any atom is 0.200 e. The standard InChI is InChI=1S/C27H42F2O/c1-3-5-6-7-20-8-13-22(14-9-20)23-15-10-21(11-16-23)12-17-24-18-19-25(30-4-2)27(29)26(24)28/h18-23H,3-17H2,1-2H3. The quantitative estimate of drug-likeness (QED) is 0.345. The Morgan fingerprint density at radius 1 is 0.767 bits per heavy atom. The topological polar surface area (TPSA) is 9.23 Å². The highest BCUT2D eigenvalue weighted by Crippen LogP contribution is 2.43. The van der Waals surface area contributed by atoms with Crippen molar-refractivity contribution < 1.29 is 13.5 Å². The molecule has 1 nitrogen and oxygen atoms in total. The molecule has 1 aromatic carbocycles. The first-order valence-corrected chi connectivity index (χ1v) is 12.7. The highest BCUT2D eigenvalue weighted by molar-refractivity contribution is 5.31. The molecule has 1 aromatic rings. The van der Waals surface area contributed by atoms with E-state index in [1.54, 1.807) is 19.1 Å². The Morgan fingerprint density at radius 2 is 1.37 bits per heavy atom. The predicted molar refractivity (Wildman–Crippen MR) is 121 cm³/mol. The summed E-state index contributed by atoms with van der Waals surface area (Å²) in [5, 5.41) is 0. The summed E-state index contributed by atoms with van der Waals surface area (Å²) in [7, 11) is 0. The third-order valence-corrected chi connectivity index (χ3v) is 7.91. The summed E-state index contributed by atoms with van der Waals surface area (Å²) in [5.74, 6) is 2.01. The van der Waals surface area contributed by atoms with Crippen molar-refractivity contribution in [3.05, 3.63) is 29.3 Å². The molecule has 0 heterocycles. The van der Waals surface area contributed by atoms with Crippen LogP contribution < -0.4 is 4.74 Å². The molecule has 2 aliphatic carbocycles. The van der Waals surface area contributed by atoms with E-state index in [9.17, 15) is 8.78 Å². The van der Waals surface area contributed by atoms with Crippen LogP contribution in [0, 0.1) is 35.3 Å². The van der Waals surface area contributed by atoms with E-state index < -0.39 is 11.6 Å². The number of hydrogen-bond donors (Lipinski definition) is 0. The zero-order valence-electron chi connectivity index (χ0n) is 19.2. The predicted octanol–water partition coefficient (Wildman–Crippen LogP) is 8.49. The largest absolute Gasteiger partial charge is 0.491 e. The van der Waals surface area contributed by atoms with Crippen molar-refractivity contribution in [2.75, 3.05) is 6.61 Å². The minimum atomic E-state index is -0.830. The summed E-state index contributed by atoms with van der Waals surface area (Å²) in [4.78, 5) is 0. The van der Waals surface area contributed by atoms with Crippen LogP contribution in [0.5, 0.6) is 5.75 Å². The molecule has 3 heteroatoms. The van der Waals surface area contributed by atoms with Crippen LogP contribution in [0.4, 0.5) is 8.78 Å². The zero-order valence-corrected chi connectivity index (χ0v) is 19.2. The van der Waals surface area contributed by atoms with Gasteiger partial charge in [-0.2, -0.15) is 4.39 Å². The van der Waals surface area contributed by atoms with Gasteiger partial charge in [0.2, 0.25) is 5.82 Å². The SMILES string of the molecule is CCCCCC1CCC(C2CCC(CCc3ccc(OCC)c(F)c3F)CC2)CC1. The number of halogens is 2. The molecule has 30 heavy (non-hydrogen) atoms. The van der Waals surface area contributed by atoms with Crippen LogP contribution in [0.25, 0.3) is 0 Å². The molecular formula is C27H42F2O. The van der Waals surface area contributed by atoms with Gasteiger partial charge >= 0.3 is 0 Å². The third kappa shape index (κ3) is 6.44. The van der Waals surface area contributed by atoms with Crippen LogP contribution in [-0.2, 0) is 6.42 Å². The van der Waals surface area contributed by atoms with E-state index in [2.05, 4.69) is 6.92 Å². The van der Waals surface area contributed by atoms with E-state index >= 15 is 0 Å². The average Bonchev–Trinajstić information content (AvgIpc) is 2.78. The summed E-state index contributed by atoms with van der Waals surface area (Å²) < 4.78 is 33.6. The summed E-state index contributed by atoms with van der Waals surface area (Å²) >= 11 is 0. The van der Waals surface area contributed by atoms with Gasteiger partial charge in [0.05, 0.1) is 6.61 Å². The molecule has 0 saturated heterocycles. The number of aryl methyl sites for hydroxylation is 1. The Hall–Kier alpha value is -1.12. The van der Waals surface area contributed by atoms with Crippen LogP contribution in [0.1, 0.15) is 103 Å². The average molecular weight is 421 g/mol. The Labute approximate surface area is 183 Å². The van der Waals surface area contributed by atoms with Crippen molar-refractivity contribution in [1.82, 2.24) is 0 Å². The van der Waals surface area contributed by atoms with Gasteiger partial charge in [-0.05, 0) is 80.8 Å². The van der Waals surface area contributed by atoms with E-state index in [0.717, 1.165) is 24.2 Å². The van der Waals surface area contributed by atoms with Gasteiger partial charge in [-0.3, -0.25) is 0 Å². The fraction of sp³-hybridized carbons (Fsp3) is 0.778. The lowest BCUT2D eigenvalue weighted by molar-refractivity contribution is 0.140. The lowest BCUT2D eigenvalue weighted by Crippen LogP contribution is -2.26. The van der Waals surface area contributed by atoms with Crippen molar-refractivity contribution in [1.29, 1.82) is 0 Å². The minimum absolute atomic E-state index is 0.0272. The number of unbranched alkanes of at least 4 members (excludes halogenated alkanes) is 2. The summed E-state index contributed by atoms with van der Waals surface area (Å²) in [5.41, 5.74) is 0.500. The number of benzene rings is 1. The smallest absolute Gasteiger partial charge is 0.200 e. The van der Waals surface area contributed by atoms with Crippen LogP contribution in [0.3, 0.4) is 0 Å². The number of rotatable bonds is 10. The minimum Gasteiger partial charge on any atom is -0.491 e. The summed E-state index contributed by atoms with van der Waals surface area (Å²) in [6.07, 6.45) is 18.2. The molecule has 0 radical (unpaired) electrons. The van der Waals surface area contributed by atoms with Gasteiger partial charge in [-0.15, -0.1) is 0 Å². The first kappa shape index (κ1) is 23.5. The summed E-state index contributed by atoms with van der Waals surface area (Å²) in [6, 6.07) is 3.28. The second-order valence-electron chi connectivity index (χ2n) is 9.88. The van der Waals surface area contributed by atoms with Gasteiger partial charge in [0.25, 0.3) is 0 Å². The molecule has 2 saturated carbocycles. The van der Waals surface area contributed by atoms with Gasteiger partial charge in [-0.1, -0.05) is 64.4 Å². The second-order valence-corrected chi connectivity index (χ2v) is 9.88. The van der Waals surface area contributed by atoms with Crippen molar-refractivity contribution in [3.8, 4) is 5.75 Å². The van der Waals surface area contributed by atoms with Gasteiger partial charge < -0.3 is 4.74 Å². The van der Waals surface area contributed by atoms with E-state index in [0.29, 0.717) is 24.5 Å². The van der Waals surface area contributed by atoms with Crippen molar-refractivity contribution >= 4 is 0 Å². The molecule has 2 fully saturated rings. The van der Waals surface area contributed by atoms with Crippen LogP contribution in [0.15, 0.2) is 12.1 Å². The number of hydrogen-bond acceptors (Lipinski definition) is 1. The van der Waals surface area contributed by atoms with E-state index in [-0.39, 0.29) is 5.75 Å². The molecule has 0 amide bonds. The molecular weight excluding hydrogens is 378 g/mol. The molecule has 0 spiro atoms. The number of ether oxygens (including phenoxy) is 1. The van der Waals surface area contributed by atoms with Gasteiger partial charge in [-0.25, -0.2) is 4.39 Å². The van der Waals surface area contributed by atoms with Gasteiger partial charge in [0.15, 0.2) is 11.6 Å². The molecule has 0 aliphatic heterocycles. The normalized spacial score (nSPS) is 27.2. The van der Waals surface area contributed by atoms with Gasteiger partial charge in [0.1, 0.15) is 0 Å². The molecule has 0 N–H and O–H groups in total. The van der Waals surface area contributed by atoms with E-state index in [1.807, 2.05) is 0 Å². The fourth-order valence-electron chi connectivity index (χ4n) is 5.97. The molecule has 0 unspecified atom stereocenters. The zero-order chi connectivity index (χ0) is 21.3. The van der Waals surface area contributed by atoms with Crippen LogP contribution >= 0.6 is 0 Å². The monoisotopic (exact) mass is 420 g/mol. The molecule has 3 rings (SSSR count). The van der Waals surface area contributed by atoms with Crippen LogP contribution in [0.2, 0.25) is 0 Å². The Balaban J connectivity index is 1.38. The summed E-state index contributed by atoms with van der Waals surface area (Å²) in [6.45, 7) is 4.42. The van der Waals surface area contributed by atoms with Crippen LogP contribution in [-0.4, -0.2) is 6.61 Å². The molecule has 0 atom stereocenters. The maximum absolute atomic E-state index is 14.3. The van der Waals surface area contributed by atoms with Crippen molar-refractivity contribution in [3.63, 3.8) is 0 Å². The Bertz CT molecular complexity index is 628. The molecule has 2 aliphatic rings. The lowest BCUT2D eigenvalue weighted by Gasteiger charge is -2.38. The molecule has 170 valence electrons. The molecule has 0 bridgehead atoms. The highest BCUT2D eigenvalue weighted by Gasteiger charge is 2.30.